The van der Waals surface area contributed by atoms with E-state index in [0.717, 1.165) is 31.2 Å². The van der Waals surface area contributed by atoms with Crippen LogP contribution in [0.4, 0.5) is 0 Å². The molecule has 21 heavy (non-hydrogen) atoms. The summed E-state index contributed by atoms with van der Waals surface area (Å²) in [5, 5.41) is 9.95. The summed E-state index contributed by atoms with van der Waals surface area (Å²) in [5.74, 6) is 1.67. The number of aliphatic imine (C=N–C) groups is 2. The Labute approximate surface area is 121 Å². The molecule has 1 saturated heterocycles. The van der Waals surface area contributed by atoms with Crippen LogP contribution in [0.15, 0.2) is 50.3 Å². The third-order valence-electron chi connectivity index (χ3n) is 3.73. The average molecular weight is 286 g/mol. The second kappa shape index (κ2) is 5.01. The zero-order valence-electron chi connectivity index (χ0n) is 11.4. The van der Waals surface area contributed by atoms with E-state index in [1.165, 1.54) is 0 Å². The van der Waals surface area contributed by atoms with Gasteiger partial charge < -0.3 is 9.73 Å². The Hall–Kier alpha value is -2.13. The fourth-order valence-electron chi connectivity index (χ4n) is 2.66. The summed E-state index contributed by atoms with van der Waals surface area (Å²) in [6, 6.07) is 4.00. The molecule has 0 saturated carbocycles. The number of piperazine rings is 1. The van der Waals surface area contributed by atoms with Crippen LogP contribution in [0.1, 0.15) is 11.8 Å². The average Bonchev–Trinajstić information content (AvgIpc) is 3.17. The first-order valence-corrected chi connectivity index (χ1v) is 6.88. The molecule has 8 nitrogen and oxygen atoms in total. The molecular weight excluding hydrogens is 270 g/mol. The maximum atomic E-state index is 5.56. The summed E-state index contributed by atoms with van der Waals surface area (Å²) in [7, 11) is 0. The molecule has 1 aromatic heterocycles. The second-order valence-electron chi connectivity index (χ2n) is 5.01. The van der Waals surface area contributed by atoms with Gasteiger partial charge >= 0.3 is 5.84 Å². The van der Waals surface area contributed by atoms with Crippen molar-refractivity contribution in [2.45, 2.75) is 6.04 Å². The SMILES string of the molecule is C1=C[N+]2(NN3CCNCC3c3ccco3)N=CN=C2C=N1. The lowest BCUT2D eigenvalue weighted by molar-refractivity contribution is -0.859. The Morgan fingerprint density at radius 3 is 3.38 bits per heavy atom. The van der Waals surface area contributed by atoms with Gasteiger partial charge in [0, 0.05) is 19.6 Å². The minimum Gasteiger partial charge on any atom is -0.468 e. The minimum absolute atomic E-state index is 0.102. The smallest absolute Gasteiger partial charge is 0.300 e. The first-order valence-electron chi connectivity index (χ1n) is 6.88. The number of hydrazine groups is 1. The molecule has 1 fully saturated rings. The van der Waals surface area contributed by atoms with Gasteiger partial charge in [0.2, 0.25) is 0 Å². The molecule has 0 aliphatic carbocycles. The van der Waals surface area contributed by atoms with E-state index in [-0.39, 0.29) is 10.7 Å². The Morgan fingerprint density at radius 2 is 2.48 bits per heavy atom. The van der Waals surface area contributed by atoms with Crippen molar-refractivity contribution in [1.82, 2.24) is 15.9 Å². The standard InChI is InChI=1S/C13H16N7O/c1-2-12(21-7-1)11-8-14-3-5-19(11)18-20-6-4-15-9-13(20)16-10-17-20/h1-2,4,6-7,9-11,14,18H,3,5,8H2/q+1. The van der Waals surface area contributed by atoms with Gasteiger partial charge in [-0.05, 0) is 21.9 Å². The van der Waals surface area contributed by atoms with Crippen molar-refractivity contribution in [3.05, 3.63) is 36.6 Å². The first-order chi connectivity index (χ1) is 10.4. The number of nitrogens with one attached hydrogen (secondary N) is 2. The van der Waals surface area contributed by atoms with Crippen molar-refractivity contribution >= 4 is 18.4 Å². The van der Waals surface area contributed by atoms with Gasteiger partial charge in [0.15, 0.2) is 12.5 Å². The van der Waals surface area contributed by atoms with E-state index >= 15 is 0 Å². The molecular formula is C13H16N7O+. The topological polar surface area (TPSA) is 77.5 Å². The zero-order valence-corrected chi connectivity index (χ0v) is 11.4. The predicted octanol–water partition coefficient (Wildman–Crippen LogP) is 0.373. The van der Waals surface area contributed by atoms with Gasteiger partial charge in [0.1, 0.15) is 12.0 Å². The molecule has 2 atom stereocenters. The molecule has 0 spiro atoms. The number of nitrogens with zero attached hydrogens (tertiary/aromatic N) is 5. The highest BCUT2D eigenvalue weighted by Crippen LogP contribution is 2.24. The summed E-state index contributed by atoms with van der Waals surface area (Å²) >= 11 is 0. The lowest BCUT2D eigenvalue weighted by atomic mass is 10.2. The fraction of sp³-hybridized carbons (Fsp3) is 0.308. The van der Waals surface area contributed by atoms with Crippen LogP contribution in [-0.2, 0) is 0 Å². The molecule has 0 radical (unpaired) electrons. The molecule has 0 amide bonds. The molecule has 0 aromatic carbocycles. The molecule has 2 unspecified atom stereocenters. The van der Waals surface area contributed by atoms with Crippen molar-refractivity contribution in [3.8, 4) is 0 Å². The number of amidine groups is 1. The summed E-state index contributed by atoms with van der Waals surface area (Å²) in [5.41, 5.74) is 3.44. The highest BCUT2D eigenvalue weighted by molar-refractivity contribution is 6.28. The van der Waals surface area contributed by atoms with E-state index in [1.807, 2.05) is 18.3 Å². The fourth-order valence-corrected chi connectivity index (χ4v) is 2.66. The summed E-state index contributed by atoms with van der Waals surface area (Å²) < 4.78 is 5.67. The van der Waals surface area contributed by atoms with Crippen molar-refractivity contribution in [2.75, 3.05) is 19.6 Å². The van der Waals surface area contributed by atoms with Gasteiger partial charge in [-0.1, -0.05) is 5.53 Å². The normalized spacial score (nSPS) is 31.4. The maximum absolute atomic E-state index is 5.56. The number of fused-ring (bicyclic) bond motifs is 1. The molecule has 3 aliphatic rings. The number of rotatable bonds is 3. The first kappa shape index (κ1) is 12.6. The Balaban J connectivity index is 1.60. The van der Waals surface area contributed by atoms with Gasteiger partial charge in [-0.25, -0.2) is 0 Å². The largest absolute Gasteiger partial charge is 0.468 e. The highest BCUT2D eigenvalue weighted by atomic mass is 16.3. The molecule has 4 heterocycles. The lowest BCUT2D eigenvalue weighted by Gasteiger charge is -2.38. The van der Waals surface area contributed by atoms with Crippen molar-refractivity contribution in [3.63, 3.8) is 0 Å². The van der Waals surface area contributed by atoms with Crippen LogP contribution in [0.5, 0.6) is 0 Å². The van der Waals surface area contributed by atoms with E-state index in [1.54, 1.807) is 25.0 Å². The van der Waals surface area contributed by atoms with E-state index in [9.17, 15) is 0 Å². The molecule has 8 heteroatoms. The van der Waals surface area contributed by atoms with Crippen molar-refractivity contribution in [2.24, 2.45) is 15.1 Å². The third-order valence-corrected chi connectivity index (χ3v) is 3.73. The monoisotopic (exact) mass is 286 g/mol. The molecule has 3 aliphatic heterocycles. The summed E-state index contributed by atoms with van der Waals surface area (Å²) in [6.45, 7) is 2.55. The van der Waals surface area contributed by atoms with Gasteiger partial charge in [-0.3, -0.25) is 4.99 Å². The summed E-state index contributed by atoms with van der Waals surface area (Å²) in [4.78, 5) is 8.36. The molecule has 0 bridgehead atoms. The minimum atomic E-state index is 0.102. The number of quaternary nitrogens is 1. The number of hydrogen-bond donors (Lipinski definition) is 2. The maximum Gasteiger partial charge on any atom is 0.300 e. The Kier molecular flexibility index (Phi) is 3.00. The van der Waals surface area contributed by atoms with Gasteiger partial charge in [-0.15, -0.1) is 0 Å². The Bertz CT molecular complexity index is 633. The van der Waals surface area contributed by atoms with Crippen molar-refractivity contribution in [1.29, 1.82) is 0 Å². The molecule has 4 rings (SSSR count). The van der Waals surface area contributed by atoms with Crippen molar-refractivity contribution < 1.29 is 9.12 Å². The lowest BCUT2D eigenvalue weighted by Crippen LogP contribution is -2.64. The number of furan rings is 1. The molecule has 2 N–H and O–H groups in total. The van der Waals surface area contributed by atoms with Crippen LogP contribution < -0.4 is 10.9 Å². The van der Waals surface area contributed by atoms with Gasteiger partial charge in [0.05, 0.1) is 18.5 Å². The zero-order chi connectivity index (χ0) is 14.1. The van der Waals surface area contributed by atoms with Crippen LogP contribution in [0, 0.1) is 0 Å². The predicted molar refractivity (Wildman–Crippen MR) is 78.0 cm³/mol. The summed E-state index contributed by atoms with van der Waals surface area (Å²) in [6.07, 6.45) is 8.55. The molecule has 1 aromatic rings. The van der Waals surface area contributed by atoms with Crippen LogP contribution >= 0.6 is 0 Å². The quantitative estimate of drug-likeness (QED) is 0.787. The molecule has 108 valence electrons. The van der Waals surface area contributed by atoms with E-state index < -0.39 is 0 Å². The van der Waals surface area contributed by atoms with E-state index in [0.29, 0.717) is 0 Å². The second-order valence-corrected chi connectivity index (χ2v) is 5.01. The van der Waals surface area contributed by atoms with Gasteiger partial charge in [-0.2, -0.15) is 10.0 Å². The van der Waals surface area contributed by atoms with Crippen LogP contribution in [0.2, 0.25) is 0 Å². The van der Waals surface area contributed by atoms with E-state index in [2.05, 4.69) is 30.9 Å². The third kappa shape index (κ3) is 2.14. The van der Waals surface area contributed by atoms with Gasteiger partial charge in [0.25, 0.3) is 0 Å². The van der Waals surface area contributed by atoms with Crippen LogP contribution in [0.25, 0.3) is 0 Å². The van der Waals surface area contributed by atoms with E-state index in [4.69, 9.17) is 4.42 Å². The van der Waals surface area contributed by atoms with Crippen LogP contribution in [-0.4, -0.2) is 47.7 Å². The Morgan fingerprint density at radius 1 is 1.48 bits per heavy atom. The highest BCUT2D eigenvalue weighted by Gasteiger charge is 2.42. The van der Waals surface area contributed by atoms with Crippen LogP contribution in [0.3, 0.4) is 0 Å². The number of hydrogen-bond acceptors (Lipinski definition) is 7.